The van der Waals surface area contributed by atoms with E-state index < -0.39 is 27.0 Å². The molecule has 0 radical (unpaired) electrons. The van der Waals surface area contributed by atoms with Crippen molar-refractivity contribution in [1.82, 2.24) is 14.5 Å². The maximum atomic E-state index is 12.5. The van der Waals surface area contributed by atoms with Crippen molar-refractivity contribution in [3.63, 3.8) is 0 Å². The van der Waals surface area contributed by atoms with Gasteiger partial charge in [-0.25, -0.2) is 17.8 Å². The van der Waals surface area contributed by atoms with E-state index in [4.69, 9.17) is 0 Å². The SMILES string of the molecule is CNS(=O)(=O)c1cc(NC(=O)CCn2[nH]c(=O)c3ccccc3c2=O)ccc1C. The Morgan fingerprint density at radius 1 is 1.10 bits per heavy atom. The predicted octanol–water partition coefficient (Wildman–Crippen LogP) is 0.935. The second-order valence-corrected chi connectivity index (χ2v) is 8.28. The highest BCUT2D eigenvalue weighted by Gasteiger charge is 2.16. The van der Waals surface area contributed by atoms with Gasteiger partial charge in [-0.1, -0.05) is 18.2 Å². The molecule has 0 spiro atoms. The summed E-state index contributed by atoms with van der Waals surface area (Å²) in [7, 11) is -2.35. The van der Waals surface area contributed by atoms with Gasteiger partial charge in [0, 0.05) is 12.1 Å². The maximum Gasteiger partial charge on any atom is 0.273 e. The van der Waals surface area contributed by atoms with Crippen molar-refractivity contribution in [3.8, 4) is 0 Å². The van der Waals surface area contributed by atoms with E-state index in [9.17, 15) is 22.8 Å². The van der Waals surface area contributed by atoms with E-state index >= 15 is 0 Å². The zero-order chi connectivity index (χ0) is 21.2. The van der Waals surface area contributed by atoms with E-state index in [0.29, 0.717) is 11.3 Å². The van der Waals surface area contributed by atoms with Crippen molar-refractivity contribution in [2.45, 2.75) is 24.8 Å². The smallest absolute Gasteiger partial charge is 0.273 e. The number of nitrogens with zero attached hydrogens (tertiary/aromatic N) is 1. The molecule has 1 aromatic heterocycles. The fourth-order valence-corrected chi connectivity index (χ4v) is 3.91. The Bertz CT molecular complexity index is 1310. The van der Waals surface area contributed by atoms with Crippen LogP contribution in [-0.4, -0.2) is 31.2 Å². The van der Waals surface area contributed by atoms with Gasteiger partial charge in [0.15, 0.2) is 0 Å². The lowest BCUT2D eigenvalue weighted by Gasteiger charge is -2.11. The molecule has 152 valence electrons. The third-order valence-electron chi connectivity index (χ3n) is 4.48. The number of anilines is 1. The molecule has 3 rings (SSSR count). The second kappa shape index (κ2) is 8.02. The van der Waals surface area contributed by atoms with E-state index in [1.165, 1.54) is 13.1 Å². The number of carbonyl (C=O) groups is 1. The number of H-pyrrole nitrogens is 1. The van der Waals surface area contributed by atoms with Gasteiger partial charge in [-0.15, -0.1) is 0 Å². The summed E-state index contributed by atoms with van der Waals surface area (Å²) in [6.45, 7) is 1.62. The number of sulfonamides is 1. The summed E-state index contributed by atoms with van der Waals surface area (Å²) in [5.41, 5.74) is 0.0400. The molecular weight excluding hydrogens is 396 g/mol. The molecule has 10 heteroatoms. The second-order valence-electron chi connectivity index (χ2n) is 6.43. The van der Waals surface area contributed by atoms with Crippen LogP contribution in [0.4, 0.5) is 5.69 Å². The lowest BCUT2D eigenvalue weighted by Crippen LogP contribution is -2.31. The van der Waals surface area contributed by atoms with Crippen LogP contribution >= 0.6 is 0 Å². The molecule has 3 aromatic rings. The minimum Gasteiger partial charge on any atom is -0.326 e. The van der Waals surface area contributed by atoms with E-state index in [0.717, 1.165) is 4.68 Å². The first-order valence-corrected chi connectivity index (χ1v) is 10.3. The van der Waals surface area contributed by atoms with Crippen molar-refractivity contribution in [2.75, 3.05) is 12.4 Å². The average Bonchev–Trinajstić information content (AvgIpc) is 2.71. The first kappa shape index (κ1) is 20.5. The summed E-state index contributed by atoms with van der Waals surface area (Å²) >= 11 is 0. The molecule has 1 amide bonds. The van der Waals surface area contributed by atoms with Crippen LogP contribution in [-0.2, 0) is 21.4 Å². The molecule has 1 heterocycles. The Balaban J connectivity index is 1.77. The number of hydrogen-bond acceptors (Lipinski definition) is 5. The molecule has 0 bridgehead atoms. The predicted molar refractivity (Wildman–Crippen MR) is 109 cm³/mol. The zero-order valence-electron chi connectivity index (χ0n) is 15.9. The van der Waals surface area contributed by atoms with Crippen LogP contribution in [0.1, 0.15) is 12.0 Å². The number of rotatable bonds is 6. The van der Waals surface area contributed by atoms with Gasteiger partial charge in [-0.05, 0) is 43.8 Å². The summed E-state index contributed by atoms with van der Waals surface area (Å²) < 4.78 is 27.4. The Morgan fingerprint density at radius 3 is 2.48 bits per heavy atom. The molecule has 2 aromatic carbocycles. The molecule has 0 atom stereocenters. The van der Waals surface area contributed by atoms with Crippen LogP contribution in [0.2, 0.25) is 0 Å². The lowest BCUT2D eigenvalue weighted by atomic mass is 10.2. The molecule has 3 N–H and O–H groups in total. The number of benzene rings is 2. The van der Waals surface area contributed by atoms with Crippen molar-refractivity contribution < 1.29 is 13.2 Å². The van der Waals surface area contributed by atoms with Gasteiger partial charge in [0.25, 0.3) is 11.1 Å². The highest BCUT2D eigenvalue weighted by atomic mass is 32.2. The van der Waals surface area contributed by atoms with Crippen LogP contribution in [0.25, 0.3) is 10.8 Å². The molecule has 29 heavy (non-hydrogen) atoms. The molecule has 0 fully saturated rings. The highest BCUT2D eigenvalue weighted by molar-refractivity contribution is 7.89. The van der Waals surface area contributed by atoms with Crippen LogP contribution in [0.15, 0.2) is 56.9 Å². The third-order valence-corrected chi connectivity index (χ3v) is 6.03. The van der Waals surface area contributed by atoms with Crippen LogP contribution in [0, 0.1) is 6.92 Å². The van der Waals surface area contributed by atoms with E-state index in [2.05, 4.69) is 15.1 Å². The number of aromatic amines is 1. The Labute approximate surface area is 166 Å². The Kier molecular flexibility index (Phi) is 5.66. The van der Waals surface area contributed by atoms with E-state index in [-0.39, 0.29) is 28.6 Å². The largest absolute Gasteiger partial charge is 0.326 e. The van der Waals surface area contributed by atoms with Crippen LogP contribution < -0.4 is 21.2 Å². The fourth-order valence-electron chi connectivity index (χ4n) is 2.92. The number of nitrogens with one attached hydrogen (secondary N) is 3. The van der Waals surface area contributed by atoms with E-state index in [1.54, 1.807) is 43.3 Å². The minimum atomic E-state index is -3.66. The number of carbonyl (C=O) groups excluding carboxylic acids is 1. The summed E-state index contributed by atoms with van der Waals surface area (Å²) in [6, 6.07) is 11.0. The molecule has 0 saturated heterocycles. The van der Waals surface area contributed by atoms with Gasteiger partial charge in [0.1, 0.15) is 0 Å². The van der Waals surface area contributed by atoms with Crippen molar-refractivity contribution in [2.24, 2.45) is 0 Å². The van der Waals surface area contributed by atoms with Crippen LogP contribution in [0.5, 0.6) is 0 Å². The topological polar surface area (TPSA) is 130 Å². The molecule has 0 aliphatic heterocycles. The molecule has 9 nitrogen and oxygen atoms in total. The van der Waals surface area contributed by atoms with Gasteiger partial charge in [-0.3, -0.25) is 19.5 Å². The number of amides is 1. The lowest BCUT2D eigenvalue weighted by molar-refractivity contribution is -0.116. The number of aryl methyl sites for hydroxylation is 2. The standard InChI is InChI=1S/C19H20N4O5S/c1-12-7-8-13(11-16(12)29(27,28)20-2)21-17(24)9-10-23-19(26)15-6-4-3-5-14(15)18(25)22-23/h3-8,11,20H,9-10H2,1-2H3,(H,21,24)(H,22,25). The monoisotopic (exact) mass is 416 g/mol. The number of hydrogen-bond donors (Lipinski definition) is 3. The third kappa shape index (κ3) is 4.28. The molecule has 0 saturated carbocycles. The van der Waals surface area contributed by atoms with Gasteiger partial charge >= 0.3 is 0 Å². The molecule has 0 aliphatic carbocycles. The van der Waals surface area contributed by atoms with Crippen molar-refractivity contribution in [3.05, 3.63) is 68.7 Å². The number of fused-ring (bicyclic) bond motifs is 1. The quantitative estimate of drug-likeness (QED) is 0.550. The first-order chi connectivity index (χ1) is 13.7. The Hall–Kier alpha value is -3.24. The van der Waals surface area contributed by atoms with Crippen molar-refractivity contribution in [1.29, 1.82) is 0 Å². The summed E-state index contributed by atoms with van der Waals surface area (Å²) in [6.07, 6.45) is -0.0871. The van der Waals surface area contributed by atoms with Crippen molar-refractivity contribution >= 4 is 32.4 Å². The molecule has 0 aliphatic rings. The minimum absolute atomic E-state index is 0.0295. The Morgan fingerprint density at radius 2 is 1.79 bits per heavy atom. The normalized spacial score (nSPS) is 11.5. The molecule has 0 unspecified atom stereocenters. The zero-order valence-corrected chi connectivity index (χ0v) is 16.7. The summed E-state index contributed by atoms with van der Waals surface area (Å²) in [4.78, 5) is 36.9. The average molecular weight is 416 g/mol. The fraction of sp³-hybridized carbons (Fsp3) is 0.211. The van der Waals surface area contributed by atoms with Gasteiger partial charge in [0.05, 0.1) is 22.2 Å². The number of aromatic nitrogens is 2. The molecular formula is C19H20N4O5S. The van der Waals surface area contributed by atoms with Crippen LogP contribution in [0.3, 0.4) is 0 Å². The highest BCUT2D eigenvalue weighted by Crippen LogP contribution is 2.20. The maximum absolute atomic E-state index is 12.5. The van der Waals surface area contributed by atoms with E-state index in [1.807, 2.05) is 0 Å². The van der Waals surface area contributed by atoms with Gasteiger partial charge < -0.3 is 5.32 Å². The van der Waals surface area contributed by atoms with Gasteiger partial charge in [-0.2, -0.15) is 0 Å². The summed E-state index contributed by atoms with van der Waals surface area (Å²) in [5.74, 6) is -0.428. The summed E-state index contributed by atoms with van der Waals surface area (Å²) in [5, 5.41) is 5.63. The van der Waals surface area contributed by atoms with Gasteiger partial charge in [0.2, 0.25) is 15.9 Å². The first-order valence-electron chi connectivity index (χ1n) is 8.79.